The lowest BCUT2D eigenvalue weighted by atomic mass is 9.86. The van der Waals surface area contributed by atoms with Gasteiger partial charge in [0.1, 0.15) is 5.75 Å². The van der Waals surface area contributed by atoms with Crippen LogP contribution in [0.15, 0.2) is 24.3 Å². The first kappa shape index (κ1) is 17.3. The highest BCUT2D eigenvalue weighted by Gasteiger charge is 2.26. The van der Waals surface area contributed by atoms with Crippen LogP contribution < -0.4 is 15.4 Å². The number of hydrogen-bond acceptors (Lipinski definition) is 3. The molecule has 0 spiro atoms. The lowest BCUT2D eigenvalue weighted by Crippen LogP contribution is -2.48. The van der Waals surface area contributed by atoms with Gasteiger partial charge in [-0.15, -0.1) is 0 Å². The number of hydrogen-bond donors (Lipinski definition) is 2. The summed E-state index contributed by atoms with van der Waals surface area (Å²) in [6, 6.07) is 7.31. The zero-order valence-electron chi connectivity index (χ0n) is 14.1. The van der Waals surface area contributed by atoms with Crippen molar-refractivity contribution < 1.29 is 14.3 Å². The minimum absolute atomic E-state index is 0.110. The Labute approximate surface area is 137 Å². The molecule has 126 valence electrons. The number of amides is 2. The van der Waals surface area contributed by atoms with Gasteiger partial charge in [-0.05, 0) is 43.4 Å². The number of ether oxygens (including phenoxy) is 1. The van der Waals surface area contributed by atoms with E-state index in [1.807, 2.05) is 31.2 Å². The first-order chi connectivity index (χ1) is 11.0. The fourth-order valence-corrected chi connectivity index (χ4v) is 3.00. The molecule has 1 fully saturated rings. The van der Waals surface area contributed by atoms with Gasteiger partial charge in [-0.3, -0.25) is 9.59 Å². The van der Waals surface area contributed by atoms with Crippen LogP contribution in [-0.4, -0.2) is 25.0 Å². The fraction of sp³-hybridized carbons (Fsp3) is 0.556. The van der Waals surface area contributed by atoms with E-state index in [1.54, 1.807) is 7.11 Å². The van der Waals surface area contributed by atoms with E-state index in [2.05, 4.69) is 17.6 Å². The highest BCUT2D eigenvalue weighted by molar-refractivity contribution is 6.35. The summed E-state index contributed by atoms with van der Waals surface area (Å²) in [6.07, 6.45) is 4.37. The standard InChI is InChI=1S/C18H26N2O3/c1-12-6-4-5-7-16(12)20-18(22)17(21)19-13(2)14-8-10-15(23-3)11-9-14/h8-13,16H,4-7H2,1-3H3,(H,19,21)(H,20,22). The zero-order valence-corrected chi connectivity index (χ0v) is 14.1. The second-order valence-corrected chi connectivity index (χ2v) is 6.31. The molecule has 0 saturated heterocycles. The summed E-state index contributed by atoms with van der Waals surface area (Å²) in [7, 11) is 1.61. The molecule has 0 bridgehead atoms. The summed E-state index contributed by atoms with van der Waals surface area (Å²) in [5.74, 6) is 0.0750. The Morgan fingerprint density at radius 2 is 1.78 bits per heavy atom. The molecule has 0 aromatic heterocycles. The van der Waals surface area contributed by atoms with E-state index in [4.69, 9.17) is 4.74 Å². The number of carbonyl (C=O) groups excluding carboxylic acids is 2. The van der Waals surface area contributed by atoms with E-state index in [-0.39, 0.29) is 12.1 Å². The molecule has 2 rings (SSSR count). The lowest BCUT2D eigenvalue weighted by molar-refractivity contribution is -0.140. The van der Waals surface area contributed by atoms with Gasteiger partial charge >= 0.3 is 11.8 Å². The van der Waals surface area contributed by atoms with Crippen LogP contribution in [0.4, 0.5) is 0 Å². The summed E-state index contributed by atoms with van der Waals surface area (Å²) >= 11 is 0. The molecule has 1 aromatic carbocycles. The molecule has 0 radical (unpaired) electrons. The number of benzene rings is 1. The van der Waals surface area contributed by atoms with Crippen molar-refractivity contribution in [2.45, 2.75) is 51.6 Å². The van der Waals surface area contributed by atoms with Gasteiger partial charge in [0.05, 0.1) is 13.2 Å². The molecule has 2 amide bonds. The van der Waals surface area contributed by atoms with E-state index < -0.39 is 11.8 Å². The van der Waals surface area contributed by atoms with Crippen LogP contribution in [-0.2, 0) is 9.59 Å². The molecule has 3 unspecified atom stereocenters. The number of methoxy groups -OCH3 is 1. The minimum atomic E-state index is -0.578. The molecule has 1 saturated carbocycles. The largest absolute Gasteiger partial charge is 0.497 e. The smallest absolute Gasteiger partial charge is 0.309 e. The van der Waals surface area contributed by atoms with E-state index >= 15 is 0 Å². The summed E-state index contributed by atoms with van der Waals surface area (Å²) in [4.78, 5) is 24.2. The van der Waals surface area contributed by atoms with Crippen LogP contribution in [0.2, 0.25) is 0 Å². The topological polar surface area (TPSA) is 67.4 Å². The maximum atomic E-state index is 12.1. The highest BCUT2D eigenvalue weighted by atomic mass is 16.5. The van der Waals surface area contributed by atoms with Crippen LogP contribution in [0.3, 0.4) is 0 Å². The van der Waals surface area contributed by atoms with Crippen molar-refractivity contribution in [3.63, 3.8) is 0 Å². The van der Waals surface area contributed by atoms with Crippen LogP contribution >= 0.6 is 0 Å². The second kappa shape index (κ2) is 7.99. The molecule has 1 aliphatic carbocycles. The molecule has 1 aromatic rings. The first-order valence-electron chi connectivity index (χ1n) is 8.26. The van der Waals surface area contributed by atoms with E-state index in [0.29, 0.717) is 5.92 Å². The monoisotopic (exact) mass is 318 g/mol. The van der Waals surface area contributed by atoms with Crippen LogP contribution in [0, 0.1) is 5.92 Å². The van der Waals surface area contributed by atoms with E-state index in [1.165, 1.54) is 6.42 Å². The summed E-state index contributed by atoms with van der Waals surface area (Å²) in [6.45, 7) is 3.98. The normalized spacial score (nSPS) is 22.0. The third kappa shape index (κ3) is 4.71. The SMILES string of the molecule is COc1ccc(C(C)NC(=O)C(=O)NC2CCCCC2C)cc1. The highest BCUT2D eigenvalue weighted by Crippen LogP contribution is 2.23. The Morgan fingerprint density at radius 1 is 1.13 bits per heavy atom. The first-order valence-corrected chi connectivity index (χ1v) is 8.26. The average molecular weight is 318 g/mol. The van der Waals surface area contributed by atoms with Gasteiger partial charge in [0, 0.05) is 6.04 Å². The number of rotatable bonds is 4. The van der Waals surface area contributed by atoms with Crippen molar-refractivity contribution in [1.82, 2.24) is 10.6 Å². The van der Waals surface area contributed by atoms with Crippen LogP contribution in [0.5, 0.6) is 5.75 Å². The molecule has 0 aliphatic heterocycles. The molecular formula is C18H26N2O3. The molecule has 23 heavy (non-hydrogen) atoms. The van der Waals surface area contributed by atoms with Crippen molar-refractivity contribution in [2.24, 2.45) is 5.92 Å². The second-order valence-electron chi connectivity index (χ2n) is 6.31. The Balaban J connectivity index is 1.87. The van der Waals surface area contributed by atoms with Crippen molar-refractivity contribution in [2.75, 3.05) is 7.11 Å². The summed E-state index contributed by atoms with van der Waals surface area (Å²) < 4.78 is 5.11. The van der Waals surface area contributed by atoms with Gasteiger partial charge in [0.25, 0.3) is 0 Å². The number of carbonyl (C=O) groups is 2. The Kier molecular flexibility index (Phi) is 6.02. The van der Waals surface area contributed by atoms with Gasteiger partial charge in [0.2, 0.25) is 0 Å². The quantitative estimate of drug-likeness (QED) is 0.839. The molecule has 3 atom stereocenters. The van der Waals surface area contributed by atoms with Gasteiger partial charge in [-0.1, -0.05) is 31.9 Å². The molecule has 5 nitrogen and oxygen atoms in total. The van der Waals surface area contributed by atoms with E-state index in [0.717, 1.165) is 30.6 Å². The average Bonchev–Trinajstić information content (AvgIpc) is 2.56. The van der Waals surface area contributed by atoms with Gasteiger partial charge in [0.15, 0.2) is 0 Å². The molecular weight excluding hydrogens is 292 g/mol. The maximum Gasteiger partial charge on any atom is 0.309 e. The summed E-state index contributed by atoms with van der Waals surface area (Å²) in [5.41, 5.74) is 0.929. The Morgan fingerprint density at radius 3 is 2.39 bits per heavy atom. The fourth-order valence-electron chi connectivity index (χ4n) is 3.00. The van der Waals surface area contributed by atoms with Crippen molar-refractivity contribution in [3.05, 3.63) is 29.8 Å². The minimum Gasteiger partial charge on any atom is -0.497 e. The van der Waals surface area contributed by atoms with Gasteiger partial charge in [-0.2, -0.15) is 0 Å². The predicted molar refractivity (Wildman–Crippen MR) is 89.1 cm³/mol. The van der Waals surface area contributed by atoms with Crippen molar-refractivity contribution in [1.29, 1.82) is 0 Å². The predicted octanol–water partition coefficient (Wildman–Crippen LogP) is 2.57. The van der Waals surface area contributed by atoms with Crippen LogP contribution in [0.1, 0.15) is 51.1 Å². The van der Waals surface area contributed by atoms with Crippen molar-refractivity contribution in [3.8, 4) is 5.75 Å². The van der Waals surface area contributed by atoms with Crippen LogP contribution in [0.25, 0.3) is 0 Å². The molecule has 2 N–H and O–H groups in total. The maximum absolute atomic E-state index is 12.1. The lowest BCUT2D eigenvalue weighted by Gasteiger charge is -2.29. The summed E-state index contributed by atoms with van der Waals surface area (Å²) in [5, 5.41) is 5.62. The molecule has 0 heterocycles. The van der Waals surface area contributed by atoms with E-state index in [9.17, 15) is 9.59 Å². The zero-order chi connectivity index (χ0) is 16.8. The van der Waals surface area contributed by atoms with Gasteiger partial charge < -0.3 is 15.4 Å². The Bertz CT molecular complexity index is 542. The third-order valence-corrected chi connectivity index (χ3v) is 4.60. The molecule has 5 heteroatoms. The number of nitrogens with one attached hydrogen (secondary N) is 2. The van der Waals surface area contributed by atoms with Gasteiger partial charge in [-0.25, -0.2) is 0 Å². The molecule has 1 aliphatic rings. The Hall–Kier alpha value is -2.04. The third-order valence-electron chi connectivity index (χ3n) is 4.60. The van der Waals surface area contributed by atoms with Crippen molar-refractivity contribution >= 4 is 11.8 Å².